The molecule has 4 nitrogen and oxygen atoms in total. The Bertz CT molecular complexity index is 1090. The summed E-state index contributed by atoms with van der Waals surface area (Å²) in [5, 5.41) is 0. The minimum absolute atomic E-state index is 0.108. The monoisotopic (exact) mass is 386 g/mol. The lowest BCUT2D eigenvalue weighted by molar-refractivity contribution is 0.101. The van der Waals surface area contributed by atoms with Crippen molar-refractivity contribution in [3.63, 3.8) is 0 Å². The molecule has 0 unspecified atom stereocenters. The van der Waals surface area contributed by atoms with Gasteiger partial charge in [0.25, 0.3) is 0 Å². The first kappa shape index (κ1) is 18.8. The summed E-state index contributed by atoms with van der Waals surface area (Å²) in [6.45, 7) is 4.33. The third-order valence-corrected chi connectivity index (χ3v) is 4.94. The van der Waals surface area contributed by atoms with Crippen molar-refractivity contribution in [2.24, 2.45) is 0 Å². The second-order valence-corrected chi connectivity index (χ2v) is 7.06. The molecule has 4 rings (SSSR count). The van der Waals surface area contributed by atoms with Gasteiger partial charge in [0.2, 0.25) is 5.78 Å². The molecule has 0 bridgehead atoms. The van der Waals surface area contributed by atoms with Crippen LogP contribution in [0.3, 0.4) is 0 Å². The molecule has 0 aromatic heterocycles. The Hall–Kier alpha value is -3.53. The fourth-order valence-corrected chi connectivity index (χ4v) is 3.26. The number of hydrogen-bond donors (Lipinski definition) is 0. The molecule has 0 spiro atoms. The van der Waals surface area contributed by atoms with Crippen molar-refractivity contribution in [1.82, 2.24) is 0 Å². The molecule has 0 radical (unpaired) electrons. The number of ether oxygens (including phenoxy) is 3. The second-order valence-electron chi connectivity index (χ2n) is 7.06. The number of carbonyl (C=O) groups excluding carboxylic acids is 1. The number of rotatable bonds is 5. The van der Waals surface area contributed by atoms with Crippen molar-refractivity contribution >= 4 is 11.9 Å². The lowest BCUT2D eigenvalue weighted by atomic mass is 10.1. The number of aryl methyl sites for hydroxylation is 1. The zero-order valence-corrected chi connectivity index (χ0v) is 16.7. The highest BCUT2D eigenvalue weighted by Crippen LogP contribution is 2.39. The third kappa shape index (κ3) is 3.87. The van der Waals surface area contributed by atoms with Gasteiger partial charge in [-0.2, -0.15) is 0 Å². The normalized spacial score (nSPS) is 13.9. The Kier molecular flexibility index (Phi) is 5.09. The van der Waals surface area contributed by atoms with Gasteiger partial charge >= 0.3 is 0 Å². The third-order valence-electron chi connectivity index (χ3n) is 4.94. The molecule has 3 aromatic carbocycles. The van der Waals surface area contributed by atoms with Gasteiger partial charge in [-0.15, -0.1) is 0 Å². The molecule has 0 saturated heterocycles. The van der Waals surface area contributed by atoms with Gasteiger partial charge in [-0.1, -0.05) is 42.0 Å². The van der Waals surface area contributed by atoms with Gasteiger partial charge in [0.15, 0.2) is 5.76 Å². The Morgan fingerprint density at radius 3 is 2.55 bits per heavy atom. The van der Waals surface area contributed by atoms with Crippen LogP contribution in [0.5, 0.6) is 17.2 Å². The molecule has 29 heavy (non-hydrogen) atoms. The van der Waals surface area contributed by atoms with E-state index in [0.717, 1.165) is 22.4 Å². The zero-order valence-electron chi connectivity index (χ0n) is 16.7. The molecule has 1 heterocycles. The number of ketones is 1. The molecule has 0 fully saturated rings. The van der Waals surface area contributed by atoms with E-state index in [1.807, 2.05) is 68.4 Å². The van der Waals surface area contributed by atoms with Crippen molar-refractivity contribution in [3.05, 3.63) is 94.2 Å². The largest absolute Gasteiger partial charge is 0.497 e. The maximum atomic E-state index is 12.7. The Morgan fingerprint density at radius 2 is 1.79 bits per heavy atom. The molecular weight excluding hydrogens is 364 g/mol. The van der Waals surface area contributed by atoms with Crippen LogP contribution >= 0.6 is 0 Å². The van der Waals surface area contributed by atoms with Crippen molar-refractivity contribution in [1.29, 1.82) is 0 Å². The molecule has 0 saturated carbocycles. The number of benzene rings is 3. The van der Waals surface area contributed by atoms with Gasteiger partial charge in [0.1, 0.15) is 23.9 Å². The molecule has 3 aromatic rings. The van der Waals surface area contributed by atoms with E-state index in [0.29, 0.717) is 29.4 Å². The number of allylic oxidation sites excluding steroid dienone is 1. The topological polar surface area (TPSA) is 44.8 Å². The summed E-state index contributed by atoms with van der Waals surface area (Å²) in [5.41, 5.74) is 4.48. The van der Waals surface area contributed by atoms with Crippen LogP contribution in [-0.4, -0.2) is 12.9 Å². The van der Waals surface area contributed by atoms with E-state index in [1.54, 1.807) is 19.3 Å². The van der Waals surface area contributed by atoms with E-state index < -0.39 is 0 Å². The number of fused-ring (bicyclic) bond motifs is 1. The maximum absolute atomic E-state index is 12.7. The van der Waals surface area contributed by atoms with Crippen molar-refractivity contribution < 1.29 is 19.0 Å². The fraction of sp³-hybridized carbons (Fsp3) is 0.160. The smallest absolute Gasteiger partial charge is 0.231 e. The van der Waals surface area contributed by atoms with Crippen LogP contribution in [0.15, 0.2) is 66.4 Å². The van der Waals surface area contributed by atoms with Gasteiger partial charge in [-0.05, 0) is 55.3 Å². The van der Waals surface area contributed by atoms with Crippen LogP contribution in [0.25, 0.3) is 6.08 Å². The van der Waals surface area contributed by atoms with Gasteiger partial charge in [0, 0.05) is 5.56 Å². The summed E-state index contributed by atoms with van der Waals surface area (Å²) in [6.07, 6.45) is 1.78. The first-order valence-electron chi connectivity index (χ1n) is 9.45. The molecular formula is C25H22O4. The number of carbonyl (C=O) groups is 1. The molecule has 4 heteroatoms. The highest BCUT2D eigenvalue weighted by molar-refractivity contribution is 6.14. The molecule has 146 valence electrons. The Labute approximate surface area is 170 Å². The molecule has 0 aliphatic carbocycles. The quantitative estimate of drug-likeness (QED) is 0.543. The maximum Gasteiger partial charge on any atom is 0.231 e. The van der Waals surface area contributed by atoms with E-state index in [-0.39, 0.29) is 5.78 Å². The average Bonchev–Trinajstić information content (AvgIpc) is 3.06. The predicted molar refractivity (Wildman–Crippen MR) is 113 cm³/mol. The summed E-state index contributed by atoms with van der Waals surface area (Å²) in [6, 6.07) is 19.3. The van der Waals surface area contributed by atoms with Crippen LogP contribution in [0.1, 0.15) is 32.6 Å². The predicted octanol–water partition coefficient (Wildman–Crippen LogP) is 5.51. The van der Waals surface area contributed by atoms with Crippen LogP contribution in [0.2, 0.25) is 0 Å². The molecule has 0 atom stereocenters. The number of methoxy groups -OCH3 is 1. The summed E-state index contributed by atoms with van der Waals surface area (Å²) in [4.78, 5) is 12.7. The Morgan fingerprint density at radius 1 is 1.00 bits per heavy atom. The SMILES string of the molecule is COc1cccc(COc2ccc3c(c2C)O/C(=C\c2ccc(C)cc2)C3=O)c1. The molecule has 1 aliphatic heterocycles. The van der Waals surface area contributed by atoms with Gasteiger partial charge < -0.3 is 14.2 Å². The number of hydrogen-bond acceptors (Lipinski definition) is 4. The van der Waals surface area contributed by atoms with Crippen LogP contribution in [0.4, 0.5) is 0 Å². The summed E-state index contributed by atoms with van der Waals surface area (Å²) >= 11 is 0. The van der Waals surface area contributed by atoms with Gasteiger partial charge in [0.05, 0.1) is 12.7 Å². The highest BCUT2D eigenvalue weighted by atomic mass is 16.5. The minimum Gasteiger partial charge on any atom is -0.497 e. The minimum atomic E-state index is -0.108. The molecule has 0 amide bonds. The molecule has 0 N–H and O–H groups in total. The first-order valence-corrected chi connectivity index (χ1v) is 9.45. The summed E-state index contributed by atoms with van der Waals surface area (Å²) < 4.78 is 17.2. The first-order chi connectivity index (χ1) is 14.0. The van der Waals surface area contributed by atoms with E-state index in [4.69, 9.17) is 14.2 Å². The van der Waals surface area contributed by atoms with Crippen molar-refractivity contribution in [3.8, 4) is 17.2 Å². The van der Waals surface area contributed by atoms with Crippen LogP contribution < -0.4 is 14.2 Å². The van der Waals surface area contributed by atoms with E-state index in [9.17, 15) is 4.79 Å². The van der Waals surface area contributed by atoms with E-state index in [1.165, 1.54) is 5.56 Å². The van der Waals surface area contributed by atoms with Crippen LogP contribution in [0, 0.1) is 13.8 Å². The summed E-state index contributed by atoms with van der Waals surface area (Å²) in [7, 11) is 1.64. The van der Waals surface area contributed by atoms with Gasteiger partial charge in [-0.3, -0.25) is 4.79 Å². The van der Waals surface area contributed by atoms with Crippen molar-refractivity contribution in [2.45, 2.75) is 20.5 Å². The Balaban J connectivity index is 1.55. The summed E-state index contributed by atoms with van der Waals surface area (Å²) in [5.74, 6) is 2.27. The zero-order chi connectivity index (χ0) is 20.4. The highest BCUT2D eigenvalue weighted by Gasteiger charge is 2.30. The van der Waals surface area contributed by atoms with E-state index in [2.05, 4.69) is 0 Å². The lowest BCUT2D eigenvalue weighted by Gasteiger charge is -2.12. The fourth-order valence-electron chi connectivity index (χ4n) is 3.26. The van der Waals surface area contributed by atoms with Crippen LogP contribution in [-0.2, 0) is 6.61 Å². The van der Waals surface area contributed by atoms with Gasteiger partial charge in [-0.25, -0.2) is 0 Å². The second kappa shape index (κ2) is 7.84. The lowest BCUT2D eigenvalue weighted by Crippen LogP contribution is -1.99. The standard InChI is InChI=1S/C25H22O4/c1-16-7-9-18(10-8-16)14-23-24(26)21-11-12-22(17(2)25(21)29-23)28-15-19-5-4-6-20(13-19)27-3/h4-14H,15H2,1-3H3/b23-14-. The van der Waals surface area contributed by atoms with Crippen molar-refractivity contribution in [2.75, 3.05) is 7.11 Å². The number of Topliss-reactive ketones (excluding diaryl/α,β-unsaturated/α-hetero) is 1. The molecule has 1 aliphatic rings. The van der Waals surface area contributed by atoms with E-state index >= 15 is 0 Å². The average molecular weight is 386 g/mol.